The first-order valence-electron chi connectivity index (χ1n) is 12.9. The first kappa shape index (κ1) is 21.1. The molecule has 0 fully saturated rings. The molecule has 174 valence electrons. The van der Waals surface area contributed by atoms with Crippen LogP contribution in [0.15, 0.2) is 137 Å². The molecule has 0 saturated heterocycles. The third-order valence-electron chi connectivity index (χ3n) is 8.34. The average molecular weight is 489 g/mol. The second kappa shape index (κ2) is 7.71. The van der Waals surface area contributed by atoms with Crippen molar-refractivity contribution in [1.29, 1.82) is 0 Å². The minimum atomic E-state index is -0.185. The SMILES string of the molecule is CC1(c2ccccc2)c2ccccc2-c2ccc(-c3cc4c5c(cccc5c3)-c3ccccc3S4)cc21. The molecule has 0 aromatic heterocycles. The van der Waals surface area contributed by atoms with E-state index in [1.807, 2.05) is 11.8 Å². The first-order chi connectivity index (χ1) is 18.2. The largest absolute Gasteiger partial charge is 0.0888 e. The Morgan fingerprint density at radius 3 is 2.11 bits per heavy atom. The number of hydrogen-bond acceptors (Lipinski definition) is 1. The van der Waals surface area contributed by atoms with Crippen molar-refractivity contribution in [3.63, 3.8) is 0 Å². The second-order valence-electron chi connectivity index (χ2n) is 10.3. The number of hydrogen-bond donors (Lipinski definition) is 0. The van der Waals surface area contributed by atoms with Gasteiger partial charge in [-0.05, 0) is 86.6 Å². The zero-order valence-electron chi connectivity index (χ0n) is 20.5. The van der Waals surface area contributed by atoms with Gasteiger partial charge in [-0.15, -0.1) is 0 Å². The maximum Gasteiger partial charge on any atom is 0.0435 e. The van der Waals surface area contributed by atoms with Crippen LogP contribution in [0.4, 0.5) is 0 Å². The molecule has 0 spiro atoms. The van der Waals surface area contributed by atoms with Crippen LogP contribution in [0.2, 0.25) is 0 Å². The first-order valence-corrected chi connectivity index (χ1v) is 13.7. The molecule has 0 amide bonds. The second-order valence-corrected chi connectivity index (χ2v) is 11.4. The molecular weight excluding hydrogens is 464 g/mol. The zero-order chi connectivity index (χ0) is 24.6. The van der Waals surface area contributed by atoms with Gasteiger partial charge in [-0.3, -0.25) is 0 Å². The quantitative estimate of drug-likeness (QED) is 0.233. The third kappa shape index (κ3) is 2.92. The molecule has 1 unspecified atom stereocenters. The Balaban J connectivity index is 1.35. The number of rotatable bonds is 2. The highest BCUT2D eigenvalue weighted by molar-refractivity contribution is 7.99. The topological polar surface area (TPSA) is 0 Å². The fourth-order valence-corrected chi connectivity index (χ4v) is 7.70. The van der Waals surface area contributed by atoms with Gasteiger partial charge in [-0.1, -0.05) is 115 Å². The molecule has 1 aliphatic carbocycles. The minimum absolute atomic E-state index is 0.185. The van der Waals surface area contributed by atoms with Crippen LogP contribution in [0.1, 0.15) is 23.6 Å². The van der Waals surface area contributed by atoms with Crippen LogP contribution >= 0.6 is 11.8 Å². The van der Waals surface area contributed by atoms with Gasteiger partial charge in [0.1, 0.15) is 0 Å². The summed E-state index contributed by atoms with van der Waals surface area (Å²) in [6, 6.07) is 47.3. The molecule has 6 aromatic carbocycles. The lowest BCUT2D eigenvalue weighted by Crippen LogP contribution is -2.22. The van der Waals surface area contributed by atoms with E-state index >= 15 is 0 Å². The third-order valence-corrected chi connectivity index (χ3v) is 9.45. The fourth-order valence-electron chi connectivity index (χ4n) is 6.51. The van der Waals surface area contributed by atoms with E-state index in [2.05, 4.69) is 134 Å². The molecular formula is C36H24S. The average Bonchev–Trinajstić information content (AvgIpc) is 3.22. The van der Waals surface area contributed by atoms with Gasteiger partial charge < -0.3 is 0 Å². The Morgan fingerprint density at radius 2 is 1.22 bits per heavy atom. The van der Waals surface area contributed by atoms with Crippen molar-refractivity contribution < 1.29 is 0 Å². The minimum Gasteiger partial charge on any atom is -0.0888 e. The van der Waals surface area contributed by atoms with Crippen molar-refractivity contribution in [3.05, 3.63) is 144 Å². The van der Waals surface area contributed by atoms with Crippen molar-refractivity contribution in [1.82, 2.24) is 0 Å². The van der Waals surface area contributed by atoms with Crippen LogP contribution in [-0.4, -0.2) is 0 Å². The Morgan fingerprint density at radius 1 is 0.486 bits per heavy atom. The molecule has 0 nitrogen and oxygen atoms in total. The van der Waals surface area contributed by atoms with E-state index in [0.29, 0.717) is 0 Å². The van der Waals surface area contributed by atoms with E-state index in [-0.39, 0.29) is 5.41 Å². The predicted molar refractivity (Wildman–Crippen MR) is 156 cm³/mol. The monoisotopic (exact) mass is 488 g/mol. The molecule has 1 aliphatic heterocycles. The molecule has 1 heterocycles. The van der Waals surface area contributed by atoms with E-state index in [1.165, 1.54) is 70.6 Å². The van der Waals surface area contributed by atoms with E-state index < -0.39 is 0 Å². The number of fused-ring (bicyclic) bond motifs is 5. The van der Waals surface area contributed by atoms with Gasteiger partial charge in [0.15, 0.2) is 0 Å². The van der Waals surface area contributed by atoms with Crippen LogP contribution in [0.25, 0.3) is 44.2 Å². The van der Waals surface area contributed by atoms with Crippen LogP contribution < -0.4 is 0 Å². The molecule has 1 atom stereocenters. The lowest BCUT2D eigenvalue weighted by atomic mass is 9.74. The lowest BCUT2D eigenvalue weighted by Gasteiger charge is -2.28. The Hall–Kier alpha value is -4.07. The summed E-state index contributed by atoms with van der Waals surface area (Å²) in [6.45, 7) is 2.39. The molecule has 6 aromatic rings. The summed E-state index contributed by atoms with van der Waals surface area (Å²) in [5, 5.41) is 2.68. The summed E-state index contributed by atoms with van der Waals surface area (Å²) < 4.78 is 0. The summed E-state index contributed by atoms with van der Waals surface area (Å²) in [4.78, 5) is 2.68. The maximum atomic E-state index is 2.45. The molecule has 8 rings (SSSR count). The predicted octanol–water partition coefficient (Wildman–Crippen LogP) is 9.97. The molecule has 0 saturated carbocycles. The van der Waals surface area contributed by atoms with Crippen LogP contribution in [0.3, 0.4) is 0 Å². The van der Waals surface area contributed by atoms with E-state index in [1.54, 1.807) is 0 Å². The van der Waals surface area contributed by atoms with Crippen molar-refractivity contribution >= 4 is 22.5 Å². The normalized spacial score (nSPS) is 16.8. The van der Waals surface area contributed by atoms with Gasteiger partial charge >= 0.3 is 0 Å². The van der Waals surface area contributed by atoms with E-state index in [9.17, 15) is 0 Å². The smallest absolute Gasteiger partial charge is 0.0435 e. The summed E-state index contributed by atoms with van der Waals surface area (Å²) in [7, 11) is 0. The van der Waals surface area contributed by atoms with Gasteiger partial charge in [0.25, 0.3) is 0 Å². The van der Waals surface area contributed by atoms with Crippen molar-refractivity contribution in [2.24, 2.45) is 0 Å². The number of benzene rings is 6. The molecule has 37 heavy (non-hydrogen) atoms. The molecule has 1 heteroatoms. The highest BCUT2D eigenvalue weighted by Crippen LogP contribution is 2.54. The molecule has 0 radical (unpaired) electrons. The Kier molecular flexibility index (Phi) is 4.39. The highest BCUT2D eigenvalue weighted by Gasteiger charge is 2.40. The maximum absolute atomic E-state index is 2.45. The van der Waals surface area contributed by atoms with Crippen molar-refractivity contribution in [3.8, 4) is 33.4 Å². The summed E-state index contributed by atoms with van der Waals surface area (Å²) in [6.07, 6.45) is 0. The summed E-state index contributed by atoms with van der Waals surface area (Å²) in [5.74, 6) is 0. The summed E-state index contributed by atoms with van der Waals surface area (Å²) >= 11 is 1.90. The van der Waals surface area contributed by atoms with Gasteiger partial charge in [-0.2, -0.15) is 0 Å². The van der Waals surface area contributed by atoms with Gasteiger partial charge in [0, 0.05) is 20.6 Å². The van der Waals surface area contributed by atoms with Gasteiger partial charge in [-0.25, -0.2) is 0 Å². The zero-order valence-corrected chi connectivity index (χ0v) is 21.3. The Labute approximate surface area is 221 Å². The standard InChI is InChI=1S/C36H24S/c1-36(26-11-3-2-4-12-26)31-16-7-5-13-27(31)28-19-18-23(21-32(28)36)25-20-24-10-9-15-30-29-14-6-8-17-33(29)37-34(22-25)35(24)30/h2-22H,1H3. The van der Waals surface area contributed by atoms with Crippen LogP contribution in [0.5, 0.6) is 0 Å². The van der Waals surface area contributed by atoms with Crippen molar-refractivity contribution in [2.45, 2.75) is 22.1 Å². The molecule has 0 N–H and O–H groups in total. The highest BCUT2D eigenvalue weighted by atomic mass is 32.2. The van der Waals surface area contributed by atoms with E-state index in [4.69, 9.17) is 0 Å². The Bertz CT molecular complexity index is 1860. The van der Waals surface area contributed by atoms with Crippen LogP contribution in [-0.2, 0) is 5.41 Å². The van der Waals surface area contributed by atoms with Gasteiger partial charge in [0.2, 0.25) is 0 Å². The van der Waals surface area contributed by atoms with Gasteiger partial charge in [0.05, 0.1) is 0 Å². The van der Waals surface area contributed by atoms with Crippen LogP contribution in [0, 0.1) is 0 Å². The van der Waals surface area contributed by atoms with Crippen molar-refractivity contribution in [2.75, 3.05) is 0 Å². The summed E-state index contributed by atoms with van der Waals surface area (Å²) in [5.41, 5.74) is 11.9. The molecule has 0 bridgehead atoms. The fraction of sp³-hybridized carbons (Fsp3) is 0.0556. The molecule has 2 aliphatic rings. The lowest BCUT2D eigenvalue weighted by molar-refractivity contribution is 0.714. The van der Waals surface area contributed by atoms with E-state index in [0.717, 1.165) is 0 Å².